The van der Waals surface area contributed by atoms with Gasteiger partial charge in [0.25, 0.3) is 0 Å². The van der Waals surface area contributed by atoms with Crippen LogP contribution >= 0.6 is 11.6 Å². The largest absolute Gasteiger partial charge is 0.356 e. The molecule has 0 aromatic carbocycles. The number of piperidine rings is 1. The molecule has 0 aliphatic carbocycles. The van der Waals surface area contributed by atoms with Crippen LogP contribution in [0.15, 0.2) is 0 Å². The fraction of sp³-hybridized carbons (Fsp3) is 0.667. The molecule has 0 amide bonds. The molecule has 1 fully saturated rings. The van der Waals surface area contributed by atoms with Crippen LogP contribution in [0.5, 0.6) is 0 Å². The molecule has 0 spiro atoms. The van der Waals surface area contributed by atoms with Crippen molar-refractivity contribution in [3.8, 4) is 0 Å². The number of rotatable bonds is 1. The third-order valence-electron chi connectivity index (χ3n) is 2.43. The smallest absolute Gasteiger partial charge is 0.171 e. The number of aromatic nitrogens is 2. The Labute approximate surface area is 83.1 Å². The van der Waals surface area contributed by atoms with Gasteiger partial charge in [-0.3, -0.25) is 0 Å². The van der Waals surface area contributed by atoms with Crippen LogP contribution in [0.3, 0.4) is 0 Å². The lowest BCUT2D eigenvalue weighted by atomic mass is 10.1. The van der Waals surface area contributed by atoms with Crippen molar-refractivity contribution in [1.82, 2.24) is 9.97 Å². The fourth-order valence-corrected chi connectivity index (χ4v) is 2.07. The van der Waals surface area contributed by atoms with Crippen molar-refractivity contribution >= 4 is 17.4 Å². The molecule has 0 radical (unpaired) electrons. The van der Waals surface area contributed by atoms with Crippen molar-refractivity contribution in [1.29, 1.82) is 0 Å². The van der Waals surface area contributed by atoms with Gasteiger partial charge < -0.3 is 9.88 Å². The van der Waals surface area contributed by atoms with Gasteiger partial charge in [0.2, 0.25) is 0 Å². The molecule has 0 atom stereocenters. The lowest BCUT2D eigenvalue weighted by molar-refractivity contribution is 0.574. The van der Waals surface area contributed by atoms with E-state index in [2.05, 4.69) is 14.9 Å². The van der Waals surface area contributed by atoms with Gasteiger partial charge in [-0.25, -0.2) is 4.98 Å². The number of aryl methyl sites for hydroxylation is 1. The number of nitrogens with zero attached hydrogens (tertiary/aromatic N) is 2. The van der Waals surface area contributed by atoms with E-state index in [1.54, 1.807) is 0 Å². The van der Waals surface area contributed by atoms with Gasteiger partial charge in [0.1, 0.15) is 11.6 Å². The predicted molar refractivity (Wildman–Crippen MR) is 54.4 cm³/mol. The van der Waals surface area contributed by atoms with E-state index in [0.29, 0.717) is 5.15 Å². The van der Waals surface area contributed by atoms with Gasteiger partial charge in [-0.05, 0) is 26.2 Å². The van der Waals surface area contributed by atoms with Crippen LogP contribution in [0, 0.1) is 6.92 Å². The minimum atomic E-state index is 0.611. The number of aromatic amines is 1. The molecule has 1 aliphatic rings. The Hall–Kier alpha value is -0.700. The molecule has 3 nitrogen and oxygen atoms in total. The lowest BCUT2D eigenvalue weighted by Gasteiger charge is -2.27. The molecule has 2 heterocycles. The van der Waals surface area contributed by atoms with E-state index < -0.39 is 0 Å². The highest BCUT2D eigenvalue weighted by Crippen LogP contribution is 2.25. The number of H-pyrrole nitrogens is 1. The summed E-state index contributed by atoms with van der Waals surface area (Å²) in [5, 5.41) is 0.611. The molecule has 0 bridgehead atoms. The zero-order chi connectivity index (χ0) is 9.26. The van der Waals surface area contributed by atoms with Crippen LogP contribution in [-0.4, -0.2) is 23.1 Å². The first-order valence-electron chi connectivity index (χ1n) is 4.74. The summed E-state index contributed by atoms with van der Waals surface area (Å²) in [7, 11) is 0. The summed E-state index contributed by atoms with van der Waals surface area (Å²) < 4.78 is 0. The Morgan fingerprint density at radius 2 is 2.00 bits per heavy atom. The summed E-state index contributed by atoms with van der Waals surface area (Å²) >= 11 is 5.99. The van der Waals surface area contributed by atoms with Crippen molar-refractivity contribution in [3.05, 3.63) is 11.0 Å². The van der Waals surface area contributed by atoms with Gasteiger partial charge in [0.05, 0.1) is 0 Å². The van der Waals surface area contributed by atoms with Crippen molar-refractivity contribution in [3.63, 3.8) is 0 Å². The maximum absolute atomic E-state index is 5.99. The first-order valence-corrected chi connectivity index (χ1v) is 5.12. The van der Waals surface area contributed by atoms with E-state index in [1.165, 1.54) is 19.3 Å². The van der Waals surface area contributed by atoms with Crippen LogP contribution in [0.4, 0.5) is 5.82 Å². The summed E-state index contributed by atoms with van der Waals surface area (Å²) in [4.78, 5) is 9.63. The molecule has 0 saturated carbocycles. The maximum atomic E-state index is 5.99. The van der Waals surface area contributed by atoms with Crippen molar-refractivity contribution in [2.45, 2.75) is 26.2 Å². The SMILES string of the molecule is Cc1nc(Cl)c(N2CCCCC2)[nH]1. The monoisotopic (exact) mass is 199 g/mol. The molecule has 1 aliphatic heterocycles. The van der Waals surface area contributed by atoms with Crippen LogP contribution < -0.4 is 4.90 Å². The van der Waals surface area contributed by atoms with Crippen LogP contribution in [0.2, 0.25) is 5.15 Å². The van der Waals surface area contributed by atoms with E-state index >= 15 is 0 Å². The van der Waals surface area contributed by atoms with Gasteiger partial charge in [0, 0.05) is 13.1 Å². The maximum Gasteiger partial charge on any atom is 0.171 e. The van der Waals surface area contributed by atoms with E-state index in [0.717, 1.165) is 24.7 Å². The Morgan fingerprint density at radius 1 is 1.31 bits per heavy atom. The standard InChI is InChI=1S/C9H14ClN3/c1-7-11-8(10)9(12-7)13-5-3-2-4-6-13/h2-6H2,1H3,(H,11,12). The second kappa shape index (κ2) is 3.58. The third-order valence-corrected chi connectivity index (χ3v) is 2.70. The molecule has 1 saturated heterocycles. The van der Waals surface area contributed by atoms with E-state index in [-0.39, 0.29) is 0 Å². The van der Waals surface area contributed by atoms with Crippen LogP contribution in [-0.2, 0) is 0 Å². The summed E-state index contributed by atoms with van der Waals surface area (Å²) in [6.45, 7) is 4.13. The molecule has 1 aromatic rings. The van der Waals surface area contributed by atoms with Gasteiger partial charge in [-0.2, -0.15) is 0 Å². The normalized spacial score (nSPS) is 17.8. The van der Waals surface area contributed by atoms with Crippen LogP contribution in [0.1, 0.15) is 25.1 Å². The van der Waals surface area contributed by atoms with Gasteiger partial charge >= 0.3 is 0 Å². The number of halogens is 1. The topological polar surface area (TPSA) is 31.9 Å². The average Bonchev–Trinajstić information content (AvgIpc) is 2.47. The highest BCUT2D eigenvalue weighted by molar-refractivity contribution is 6.31. The number of anilines is 1. The minimum Gasteiger partial charge on any atom is -0.356 e. The Kier molecular flexibility index (Phi) is 2.44. The van der Waals surface area contributed by atoms with Gasteiger partial charge in [-0.1, -0.05) is 11.6 Å². The summed E-state index contributed by atoms with van der Waals surface area (Å²) in [5.74, 6) is 1.89. The van der Waals surface area contributed by atoms with Crippen molar-refractivity contribution < 1.29 is 0 Å². The highest BCUT2D eigenvalue weighted by atomic mass is 35.5. The lowest BCUT2D eigenvalue weighted by Crippen LogP contribution is -2.29. The van der Waals surface area contributed by atoms with Gasteiger partial charge in [0.15, 0.2) is 5.15 Å². The predicted octanol–water partition coefficient (Wildman–Crippen LogP) is 2.36. The number of imidazole rings is 1. The second-order valence-electron chi connectivity index (χ2n) is 3.51. The summed E-state index contributed by atoms with van der Waals surface area (Å²) in [6, 6.07) is 0. The average molecular weight is 200 g/mol. The fourth-order valence-electron chi connectivity index (χ4n) is 1.78. The van der Waals surface area contributed by atoms with E-state index in [4.69, 9.17) is 11.6 Å². The Morgan fingerprint density at radius 3 is 2.54 bits per heavy atom. The molecular formula is C9H14ClN3. The number of nitrogens with one attached hydrogen (secondary N) is 1. The summed E-state index contributed by atoms with van der Waals surface area (Å²) in [5.41, 5.74) is 0. The third kappa shape index (κ3) is 1.80. The molecule has 4 heteroatoms. The number of hydrogen-bond acceptors (Lipinski definition) is 2. The van der Waals surface area contributed by atoms with E-state index in [1.807, 2.05) is 6.92 Å². The first-order chi connectivity index (χ1) is 6.27. The molecule has 72 valence electrons. The van der Waals surface area contributed by atoms with Gasteiger partial charge in [-0.15, -0.1) is 0 Å². The zero-order valence-corrected chi connectivity index (χ0v) is 8.56. The Bertz CT molecular complexity index is 289. The molecular weight excluding hydrogens is 186 g/mol. The molecule has 13 heavy (non-hydrogen) atoms. The first kappa shape index (κ1) is 8.88. The second-order valence-corrected chi connectivity index (χ2v) is 3.87. The van der Waals surface area contributed by atoms with Crippen LogP contribution in [0.25, 0.3) is 0 Å². The Balaban J connectivity index is 2.18. The van der Waals surface area contributed by atoms with E-state index in [9.17, 15) is 0 Å². The molecule has 0 unspecified atom stereocenters. The molecule has 1 aromatic heterocycles. The molecule has 2 rings (SSSR count). The number of hydrogen-bond donors (Lipinski definition) is 1. The molecule has 1 N–H and O–H groups in total. The quantitative estimate of drug-likeness (QED) is 0.753. The van der Waals surface area contributed by atoms with Crippen molar-refractivity contribution in [2.75, 3.05) is 18.0 Å². The van der Waals surface area contributed by atoms with Crippen molar-refractivity contribution in [2.24, 2.45) is 0 Å². The highest BCUT2D eigenvalue weighted by Gasteiger charge is 2.16. The zero-order valence-electron chi connectivity index (χ0n) is 7.81. The minimum absolute atomic E-state index is 0.611. The summed E-state index contributed by atoms with van der Waals surface area (Å²) in [6.07, 6.45) is 3.85.